The number of fused-ring (bicyclic) bond motifs is 1. The maximum atomic E-state index is 11.3. The first-order chi connectivity index (χ1) is 12.5. The zero-order chi connectivity index (χ0) is 18.5. The van der Waals surface area contributed by atoms with Crippen molar-refractivity contribution in [1.82, 2.24) is 0 Å². The summed E-state index contributed by atoms with van der Waals surface area (Å²) in [4.78, 5) is 15.7. The van der Waals surface area contributed by atoms with Crippen LogP contribution in [0.1, 0.15) is 30.0 Å². The summed E-state index contributed by atoms with van der Waals surface area (Å²) in [6, 6.07) is 11.9. The van der Waals surface area contributed by atoms with E-state index in [2.05, 4.69) is 27.8 Å². The van der Waals surface area contributed by atoms with Gasteiger partial charge in [-0.15, -0.1) is 0 Å². The van der Waals surface area contributed by atoms with Gasteiger partial charge in [0.15, 0.2) is 5.96 Å². The Balaban J connectivity index is 1.67. The number of guanidine groups is 1. The molecule has 2 aromatic carbocycles. The van der Waals surface area contributed by atoms with Crippen molar-refractivity contribution in [3.05, 3.63) is 53.1 Å². The normalized spacial score (nSPS) is 13.2. The van der Waals surface area contributed by atoms with Crippen molar-refractivity contribution >= 4 is 23.2 Å². The molecule has 1 amide bonds. The Morgan fingerprint density at radius 2 is 1.96 bits per heavy atom. The van der Waals surface area contributed by atoms with Crippen LogP contribution in [0.3, 0.4) is 0 Å². The summed E-state index contributed by atoms with van der Waals surface area (Å²) in [6.45, 7) is 1.86. The van der Waals surface area contributed by atoms with Crippen molar-refractivity contribution in [2.45, 2.75) is 32.7 Å². The Morgan fingerprint density at radius 3 is 2.73 bits per heavy atom. The highest BCUT2D eigenvalue weighted by Crippen LogP contribution is 2.26. The van der Waals surface area contributed by atoms with Crippen LogP contribution < -0.4 is 21.1 Å². The SMILES string of the molecule is COc1ccc(CN=C(N)Nc2ccc3c(c2)CCC3)cc1NC(C)=O. The number of carbonyl (C=O) groups excluding carboxylic acids is 1. The molecule has 136 valence electrons. The van der Waals surface area contributed by atoms with E-state index in [-0.39, 0.29) is 5.91 Å². The molecule has 3 rings (SSSR count). The number of nitrogens with zero attached hydrogens (tertiary/aromatic N) is 1. The lowest BCUT2D eigenvalue weighted by Gasteiger charge is -2.11. The summed E-state index contributed by atoms with van der Waals surface area (Å²) in [7, 11) is 1.57. The molecular weight excluding hydrogens is 328 g/mol. The van der Waals surface area contributed by atoms with Crippen LogP contribution in [0, 0.1) is 0 Å². The molecule has 0 bridgehead atoms. The minimum atomic E-state index is -0.151. The molecule has 0 saturated heterocycles. The number of benzene rings is 2. The van der Waals surface area contributed by atoms with Crippen LogP contribution in [0.4, 0.5) is 11.4 Å². The van der Waals surface area contributed by atoms with Crippen molar-refractivity contribution in [3.63, 3.8) is 0 Å². The molecule has 1 aliphatic carbocycles. The van der Waals surface area contributed by atoms with E-state index in [9.17, 15) is 4.79 Å². The molecule has 26 heavy (non-hydrogen) atoms. The number of aryl methyl sites for hydroxylation is 2. The fourth-order valence-corrected chi connectivity index (χ4v) is 3.15. The Hall–Kier alpha value is -3.02. The largest absolute Gasteiger partial charge is 0.495 e. The predicted molar refractivity (Wildman–Crippen MR) is 105 cm³/mol. The second-order valence-electron chi connectivity index (χ2n) is 6.38. The van der Waals surface area contributed by atoms with Gasteiger partial charge in [-0.25, -0.2) is 4.99 Å². The number of rotatable bonds is 5. The Bertz CT molecular complexity index is 846. The van der Waals surface area contributed by atoms with Crippen molar-refractivity contribution in [1.29, 1.82) is 0 Å². The van der Waals surface area contributed by atoms with Gasteiger partial charge in [-0.3, -0.25) is 4.79 Å². The lowest BCUT2D eigenvalue weighted by atomic mass is 10.1. The molecule has 0 saturated carbocycles. The number of anilines is 2. The number of hydrogen-bond donors (Lipinski definition) is 3. The van der Waals surface area contributed by atoms with E-state index in [4.69, 9.17) is 10.5 Å². The van der Waals surface area contributed by atoms with Gasteiger partial charge >= 0.3 is 0 Å². The molecule has 1 aliphatic rings. The minimum Gasteiger partial charge on any atom is -0.495 e. The summed E-state index contributed by atoms with van der Waals surface area (Å²) < 4.78 is 5.25. The first-order valence-electron chi connectivity index (χ1n) is 8.68. The van der Waals surface area contributed by atoms with Gasteiger partial charge in [0.25, 0.3) is 0 Å². The fraction of sp³-hybridized carbons (Fsp3) is 0.300. The van der Waals surface area contributed by atoms with Gasteiger partial charge in [0.2, 0.25) is 5.91 Å². The Kier molecular flexibility index (Phi) is 5.41. The zero-order valence-corrected chi connectivity index (χ0v) is 15.1. The highest BCUT2D eigenvalue weighted by molar-refractivity contribution is 5.92. The van der Waals surface area contributed by atoms with Crippen molar-refractivity contribution in [3.8, 4) is 5.75 Å². The zero-order valence-electron chi connectivity index (χ0n) is 15.1. The number of nitrogens with two attached hydrogens (primary N) is 1. The molecule has 4 N–H and O–H groups in total. The number of carbonyl (C=O) groups is 1. The number of amides is 1. The molecule has 0 atom stereocenters. The van der Waals surface area contributed by atoms with Crippen LogP contribution >= 0.6 is 0 Å². The third-order valence-corrected chi connectivity index (χ3v) is 4.38. The molecule has 6 nitrogen and oxygen atoms in total. The van der Waals surface area contributed by atoms with E-state index in [1.165, 1.54) is 24.5 Å². The van der Waals surface area contributed by atoms with Crippen LogP contribution in [0.2, 0.25) is 0 Å². The first-order valence-corrected chi connectivity index (χ1v) is 8.68. The van der Waals surface area contributed by atoms with E-state index in [0.717, 1.165) is 24.1 Å². The van der Waals surface area contributed by atoms with E-state index in [0.29, 0.717) is 23.9 Å². The highest BCUT2D eigenvalue weighted by atomic mass is 16.5. The van der Waals surface area contributed by atoms with Crippen molar-refractivity contribution in [2.24, 2.45) is 10.7 Å². The lowest BCUT2D eigenvalue weighted by molar-refractivity contribution is -0.114. The van der Waals surface area contributed by atoms with Gasteiger partial charge < -0.3 is 21.1 Å². The van der Waals surface area contributed by atoms with E-state index >= 15 is 0 Å². The number of aliphatic imine (C=N–C) groups is 1. The van der Waals surface area contributed by atoms with E-state index in [1.54, 1.807) is 13.2 Å². The molecule has 0 spiro atoms. The molecule has 0 unspecified atom stereocenters. The summed E-state index contributed by atoms with van der Waals surface area (Å²) in [5.41, 5.74) is 11.3. The number of ether oxygens (including phenoxy) is 1. The Morgan fingerprint density at radius 1 is 1.15 bits per heavy atom. The van der Waals surface area contributed by atoms with E-state index in [1.807, 2.05) is 18.2 Å². The minimum absolute atomic E-state index is 0.151. The third-order valence-electron chi connectivity index (χ3n) is 4.38. The molecule has 2 aromatic rings. The van der Waals surface area contributed by atoms with Crippen molar-refractivity contribution < 1.29 is 9.53 Å². The summed E-state index contributed by atoms with van der Waals surface area (Å²) in [5, 5.41) is 5.90. The van der Waals surface area contributed by atoms with Gasteiger partial charge in [-0.1, -0.05) is 12.1 Å². The second kappa shape index (κ2) is 7.91. The summed E-state index contributed by atoms with van der Waals surface area (Å²) in [6.07, 6.45) is 3.50. The maximum absolute atomic E-state index is 11.3. The van der Waals surface area contributed by atoms with Crippen LogP contribution in [0.15, 0.2) is 41.4 Å². The average molecular weight is 352 g/mol. The van der Waals surface area contributed by atoms with Crippen LogP contribution in [0.25, 0.3) is 0 Å². The van der Waals surface area contributed by atoms with Gasteiger partial charge in [-0.2, -0.15) is 0 Å². The van der Waals surface area contributed by atoms with Gasteiger partial charge in [0.1, 0.15) is 5.75 Å². The number of nitrogens with one attached hydrogen (secondary N) is 2. The monoisotopic (exact) mass is 352 g/mol. The molecule has 6 heteroatoms. The smallest absolute Gasteiger partial charge is 0.221 e. The topological polar surface area (TPSA) is 88.7 Å². The third kappa shape index (κ3) is 4.33. The maximum Gasteiger partial charge on any atom is 0.221 e. The number of hydrogen-bond acceptors (Lipinski definition) is 3. The standard InChI is InChI=1S/C20H24N4O2/c1-13(25)23-18-10-14(6-9-19(18)26-2)12-22-20(21)24-17-8-7-15-4-3-5-16(15)11-17/h6-11H,3-5,12H2,1-2H3,(H,23,25)(H3,21,22,24). The highest BCUT2D eigenvalue weighted by Gasteiger charge is 2.11. The summed E-state index contributed by atoms with van der Waals surface area (Å²) in [5.74, 6) is 0.818. The molecular formula is C20H24N4O2. The molecule has 0 heterocycles. The molecule has 0 radical (unpaired) electrons. The fourth-order valence-electron chi connectivity index (χ4n) is 3.15. The van der Waals surface area contributed by atoms with Crippen LogP contribution in [-0.2, 0) is 24.2 Å². The lowest BCUT2D eigenvalue weighted by Crippen LogP contribution is -2.22. The van der Waals surface area contributed by atoms with Crippen molar-refractivity contribution in [2.75, 3.05) is 17.7 Å². The van der Waals surface area contributed by atoms with Gasteiger partial charge in [-0.05, 0) is 60.2 Å². The molecule has 0 aromatic heterocycles. The predicted octanol–water partition coefficient (Wildman–Crippen LogP) is 3.07. The van der Waals surface area contributed by atoms with E-state index < -0.39 is 0 Å². The van der Waals surface area contributed by atoms with Gasteiger partial charge in [0.05, 0.1) is 19.3 Å². The van der Waals surface area contributed by atoms with Crippen LogP contribution in [0.5, 0.6) is 5.75 Å². The quantitative estimate of drug-likeness (QED) is 0.570. The first kappa shape index (κ1) is 17.8. The van der Waals surface area contributed by atoms with Crippen LogP contribution in [-0.4, -0.2) is 19.0 Å². The van der Waals surface area contributed by atoms with Gasteiger partial charge in [0, 0.05) is 12.6 Å². The molecule has 0 fully saturated rings. The second-order valence-corrected chi connectivity index (χ2v) is 6.38. The molecule has 0 aliphatic heterocycles. The summed E-state index contributed by atoms with van der Waals surface area (Å²) >= 11 is 0. The number of methoxy groups -OCH3 is 1. The Labute approximate surface area is 153 Å². The average Bonchev–Trinajstić information content (AvgIpc) is 3.07.